The average Bonchev–Trinajstić information content (AvgIpc) is 3.02. The molecule has 1 saturated heterocycles. The number of nitrogens with zero attached hydrogens (tertiary/aromatic N) is 3. The van der Waals surface area contributed by atoms with E-state index < -0.39 is 11.6 Å². The van der Waals surface area contributed by atoms with Gasteiger partial charge >= 0.3 is 6.03 Å². The Kier molecular flexibility index (Phi) is 4.75. The summed E-state index contributed by atoms with van der Waals surface area (Å²) in [4.78, 5) is 14.0. The molecule has 0 bridgehead atoms. The van der Waals surface area contributed by atoms with Crippen LogP contribution in [0.3, 0.4) is 0 Å². The Bertz CT molecular complexity index is 707. The molecular formula is C16H19F2N5O. The van der Waals surface area contributed by atoms with Crippen molar-refractivity contribution in [2.75, 3.05) is 25.5 Å². The summed E-state index contributed by atoms with van der Waals surface area (Å²) in [5.41, 5.74) is 0.713. The molecule has 1 aliphatic rings. The van der Waals surface area contributed by atoms with Crippen LogP contribution in [0.5, 0.6) is 0 Å². The highest BCUT2D eigenvalue weighted by Crippen LogP contribution is 2.16. The number of benzene rings is 1. The van der Waals surface area contributed by atoms with Crippen molar-refractivity contribution >= 4 is 11.7 Å². The van der Waals surface area contributed by atoms with Gasteiger partial charge in [-0.05, 0) is 38.1 Å². The third-order valence-electron chi connectivity index (χ3n) is 4.12. The number of amides is 2. The standard InChI is InChI=1S/C16H19F2N5O/c1-22(14-2-4-19-5-3-14)16(24)21-13-9-20-23(10-13)15-7-11(17)6-12(18)8-15/h6-10,14,19H,2-5H2,1H3,(H,21,24). The predicted molar refractivity (Wildman–Crippen MR) is 86.2 cm³/mol. The predicted octanol–water partition coefficient (Wildman–Crippen LogP) is 2.37. The fourth-order valence-corrected chi connectivity index (χ4v) is 2.77. The molecule has 0 atom stereocenters. The van der Waals surface area contributed by atoms with Crippen LogP contribution in [0.25, 0.3) is 5.69 Å². The van der Waals surface area contributed by atoms with Crippen molar-refractivity contribution in [1.82, 2.24) is 20.0 Å². The molecule has 2 heterocycles. The Morgan fingerprint density at radius 3 is 2.62 bits per heavy atom. The molecule has 3 rings (SSSR count). The Balaban J connectivity index is 1.68. The second-order valence-electron chi connectivity index (χ2n) is 5.82. The Morgan fingerprint density at radius 2 is 1.96 bits per heavy atom. The molecule has 2 aromatic rings. The largest absolute Gasteiger partial charge is 0.325 e. The average molecular weight is 335 g/mol. The van der Waals surface area contributed by atoms with Gasteiger partial charge < -0.3 is 15.5 Å². The second-order valence-corrected chi connectivity index (χ2v) is 5.82. The van der Waals surface area contributed by atoms with Crippen molar-refractivity contribution in [3.8, 4) is 5.69 Å². The highest BCUT2D eigenvalue weighted by atomic mass is 19.1. The van der Waals surface area contributed by atoms with Crippen molar-refractivity contribution < 1.29 is 13.6 Å². The lowest BCUT2D eigenvalue weighted by molar-refractivity contribution is 0.189. The van der Waals surface area contributed by atoms with Gasteiger partial charge in [-0.25, -0.2) is 18.3 Å². The molecule has 0 radical (unpaired) electrons. The van der Waals surface area contributed by atoms with Gasteiger partial charge in [0.1, 0.15) is 11.6 Å². The normalized spacial score (nSPS) is 15.3. The molecular weight excluding hydrogens is 316 g/mol. The molecule has 2 N–H and O–H groups in total. The zero-order chi connectivity index (χ0) is 17.1. The van der Waals surface area contributed by atoms with Gasteiger partial charge in [-0.2, -0.15) is 5.10 Å². The van der Waals surface area contributed by atoms with Gasteiger partial charge in [0.05, 0.1) is 23.8 Å². The number of hydrogen-bond acceptors (Lipinski definition) is 3. The van der Waals surface area contributed by atoms with Crippen LogP contribution in [-0.4, -0.2) is 46.9 Å². The zero-order valence-corrected chi connectivity index (χ0v) is 13.3. The van der Waals surface area contributed by atoms with Crippen molar-refractivity contribution in [3.05, 3.63) is 42.2 Å². The van der Waals surface area contributed by atoms with Gasteiger partial charge in [0.15, 0.2) is 0 Å². The lowest BCUT2D eigenvalue weighted by atomic mass is 10.1. The number of nitrogens with one attached hydrogen (secondary N) is 2. The topological polar surface area (TPSA) is 62.2 Å². The summed E-state index contributed by atoms with van der Waals surface area (Å²) in [6.45, 7) is 1.79. The summed E-state index contributed by atoms with van der Waals surface area (Å²) in [6, 6.07) is 3.10. The molecule has 0 unspecified atom stereocenters. The van der Waals surface area contributed by atoms with E-state index in [1.54, 1.807) is 11.9 Å². The van der Waals surface area contributed by atoms with Crippen LogP contribution in [0.1, 0.15) is 12.8 Å². The van der Waals surface area contributed by atoms with Crippen molar-refractivity contribution in [2.45, 2.75) is 18.9 Å². The SMILES string of the molecule is CN(C(=O)Nc1cnn(-c2cc(F)cc(F)c2)c1)C1CCNCC1. The zero-order valence-electron chi connectivity index (χ0n) is 13.3. The summed E-state index contributed by atoms with van der Waals surface area (Å²) in [5.74, 6) is -1.37. The molecule has 1 aliphatic heterocycles. The van der Waals surface area contributed by atoms with E-state index in [2.05, 4.69) is 15.7 Å². The van der Waals surface area contributed by atoms with Crippen LogP contribution < -0.4 is 10.6 Å². The minimum atomic E-state index is -0.684. The molecule has 24 heavy (non-hydrogen) atoms. The number of urea groups is 1. The first-order valence-electron chi connectivity index (χ1n) is 7.78. The summed E-state index contributed by atoms with van der Waals surface area (Å²) in [7, 11) is 1.76. The lowest BCUT2D eigenvalue weighted by Gasteiger charge is -2.31. The van der Waals surface area contributed by atoms with Gasteiger partial charge in [-0.1, -0.05) is 0 Å². The molecule has 8 heteroatoms. The maximum absolute atomic E-state index is 13.3. The molecule has 1 aromatic heterocycles. The summed E-state index contributed by atoms with van der Waals surface area (Å²) in [5, 5.41) is 10.0. The van der Waals surface area contributed by atoms with E-state index in [4.69, 9.17) is 0 Å². The molecule has 0 saturated carbocycles. The van der Waals surface area contributed by atoms with Crippen LogP contribution in [-0.2, 0) is 0 Å². The van der Waals surface area contributed by atoms with E-state index in [1.165, 1.54) is 29.2 Å². The van der Waals surface area contributed by atoms with Gasteiger partial charge in [0.2, 0.25) is 0 Å². The smallest absolute Gasteiger partial charge is 0.321 e. The number of carbonyl (C=O) groups is 1. The molecule has 1 aromatic carbocycles. The molecule has 6 nitrogen and oxygen atoms in total. The Morgan fingerprint density at radius 1 is 1.29 bits per heavy atom. The third kappa shape index (κ3) is 3.70. The molecule has 128 valence electrons. The molecule has 0 aliphatic carbocycles. The maximum Gasteiger partial charge on any atom is 0.321 e. The van der Waals surface area contributed by atoms with Crippen molar-refractivity contribution in [2.24, 2.45) is 0 Å². The number of carbonyl (C=O) groups excluding carboxylic acids is 1. The molecule has 0 spiro atoms. The maximum atomic E-state index is 13.3. The van der Waals surface area contributed by atoms with E-state index in [0.29, 0.717) is 5.69 Å². The van der Waals surface area contributed by atoms with Crippen LogP contribution >= 0.6 is 0 Å². The Hall–Kier alpha value is -2.48. The van der Waals surface area contributed by atoms with E-state index >= 15 is 0 Å². The minimum absolute atomic E-state index is 0.193. The number of aromatic nitrogens is 2. The number of hydrogen-bond donors (Lipinski definition) is 2. The number of anilines is 1. The fourth-order valence-electron chi connectivity index (χ4n) is 2.77. The summed E-state index contributed by atoms with van der Waals surface area (Å²) >= 11 is 0. The monoisotopic (exact) mass is 335 g/mol. The van der Waals surface area contributed by atoms with Gasteiger partial charge in [-0.3, -0.25) is 0 Å². The van der Waals surface area contributed by atoms with Crippen molar-refractivity contribution in [1.29, 1.82) is 0 Å². The number of piperidine rings is 1. The van der Waals surface area contributed by atoms with Gasteiger partial charge in [0, 0.05) is 19.2 Å². The first kappa shape index (κ1) is 16.4. The summed E-state index contributed by atoms with van der Waals surface area (Å²) in [6.07, 6.45) is 4.77. The number of rotatable bonds is 3. The number of halogens is 2. The van der Waals surface area contributed by atoms with Gasteiger partial charge in [-0.15, -0.1) is 0 Å². The van der Waals surface area contributed by atoms with Gasteiger partial charge in [0.25, 0.3) is 0 Å². The first-order valence-corrected chi connectivity index (χ1v) is 7.78. The van der Waals surface area contributed by atoms with Crippen LogP contribution in [0, 0.1) is 11.6 Å². The fraction of sp³-hybridized carbons (Fsp3) is 0.375. The van der Waals surface area contributed by atoms with E-state index in [1.807, 2.05) is 0 Å². The minimum Gasteiger partial charge on any atom is -0.325 e. The van der Waals surface area contributed by atoms with Crippen LogP contribution in [0.2, 0.25) is 0 Å². The molecule has 2 amide bonds. The van der Waals surface area contributed by atoms with Crippen molar-refractivity contribution in [3.63, 3.8) is 0 Å². The quantitative estimate of drug-likeness (QED) is 0.905. The first-order chi connectivity index (χ1) is 11.5. The lowest BCUT2D eigenvalue weighted by Crippen LogP contribution is -2.45. The van der Waals surface area contributed by atoms with E-state index in [-0.39, 0.29) is 17.8 Å². The highest BCUT2D eigenvalue weighted by molar-refractivity contribution is 5.89. The molecule has 1 fully saturated rings. The van der Waals surface area contributed by atoms with E-state index in [0.717, 1.165) is 32.0 Å². The second kappa shape index (κ2) is 6.96. The van der Waals surface area contributed by atoms with E-state index in [9.17, 15) is 13.6 Å². The van der Waals surface area contributed by atoms with Crippen LogP contribution in [0.4, 0.5) is 19.3 Å². The third-order valence-corrected chi connectivity index (χ3v) is 4.12. The Labute approximate surface area is 138 Å². The highest BCUT2D eigenvalue weighted by Gasteiger charge is 2.22. The van der Waals surface area contributed by atoms with Crippen LogP contribution in [0.15, 0.2) is 30.6 Å². The summed E-state index contributed by atoms with van der Waals surface area (Å²) < 4.78 is 27.9.